The largest absolute Gasteiger partial charge is 0.484 e. The molecule has 2 aromatic heterocycles. The molecule has 3 aliphatic rings. The van der Waals surface area contributed by atoms with Crippen molar-refractivity contribution < 1.29 is 22.7 Å². The van der Waals surface area contributed by atoms with Crippen molar-refractivity contribution in [1.82, 2.24) is 19.9 Å². The fraction of sp³-hybridized carbons (Fsp3) is 0.350. The van der Waals surface area contributed by atoms with Crippen molar-refractivity contribution in [1.29, 1.82) is 0 Å². The van der Waals surface area contributed by atoms with Crippen molar-refractivity contribution in [2.24, 2.45) is 0 Å². The third-order valence-corrected chi connectivity index (χ3v) is 5.66. The zero-order chi connectivity index (χ0) is 21.1. The summed E-state index contributed by atoms with van der Waals surface area (Å²) in [6.07, 6.45) is 5.68. The van der Waals surface area contributed by atoms with Crippen molar-refractivity contribution >= 4 is 17.2 Å². The zero-order valence-electron chi connectivity index (χ0n) is 16.0. The van der Waals surface area contributed by atoms with Gasteiger partial charge >= 0.3 is 0 Å². The maximum absolute atomic E-state index is 13.2. The fourth-order valence-corrected chi connectivity index (χ4v) is 4.54. The van der Waals surface area contributed by atoms with Crippen LogP contribution in [0.15, 0.2) is 30.6 Å². The van der Waals surface area contributed by atoms with E-state index in [2.05, 4.69) is 20.7 Å². The first-order chi connectivity index (χ1) is 14.3. The Morgan fingerprint density at radius 1 is 1.17 bits per heavy atom. The molecule has 2 N–H and O–H groups in total. The molecule has 30 heavy (non-hydrogen) atoms. The van der Waals surface area contributed by atoms with Crippen molar-refractivity contribution in [2.45, 2.75) is 37.3 Å². The molecule has 1 aromatic carbocycles. The van der Waals surface area contributed by atoms with Gasteiger partial charge < -0.3 is 15.4 Å². The van der Waals surface area contributed by atoms with Gasteiger partial charge in [-0.15, -0.1) is 0 Å². The minimum Gasteiger partial charge on any atom is -0.484 e. The smallest absolute Gasteiger partial charge is 0.258 e. The Morgan fingerprint density at radius 2 is 1.87 bits per heavy atom. The van der Waals surface area contributed by atoms with E-state index >= 15 is 0 Å². The number of carbonyl (C=O) groups excluding carboxylic acids is 1. The van der Waals surface area contributed by atoms with Crippen LogP contribution in [0.2, 0.25) is 0 Å². The third kappa shape index (κ3) is 3.03. The highest BCUT2D eigenvalue weighted by molar-refractivity contribution is 5.79. The van der Waals surface area contributed by atoms with Crippen molar-refractivity contribution in [3.05, 3.63) is 53.7 Å². The van der Waals surface area contributed by atoms with E-state index in [0.29, 0.717) is 12.1 Å². The number of fused-ring (bicyclic) bond motifs is 1. The molecule has 0 aliphatic heterocycles. The van der Waals surface area contributed by atoms with E-state index in [1.165, 1.54) is 0 Å². The summed E-state index contributed by atoms with van der Waals surface area (Å²) >= 11 is 0. The molecule has 3 aliphatic carbocycles. The Balaban J connectivity index is 1.16. The number of nitrogens with one attached hydrogen (secondary N) is 2. The number of aromatic nitrogens is 3. The molecule has 3 saturated carbocycles. The van der Waals surface area contributed by atoms with Crippen LogP contribution in [0.25, 0.3) is 5.52 Å². The van der Waals surface area contributed by atoms with Gasteiger partial charge in [0.15, 0.2) is 29.9 Å². The van der Waals surface area contributed by atoms with Gasteiger partial charge in [0.05, 0.1) is 5.69 Å². The number of nitrogens with zero attached hydrogens (tertiary/aromatic N) is 3. The van der Waals surface area contributed by atoms with E-state index < -0.39 is 30.0 Å². The minimum atomic E-state index is -1.57. The van der Waals surface area contributed by atoms with Gasteiger partial charge in [-0.1, -0.05) is 0 Å². The molecule has 7 nitrogen and oxygen atoms in total. The summed E-state index contributed by atoms with van der Waals surface area (Å²) in [5, 5.41) is 10.8. The van der Waals surface area contributed by atoms with E-state index in [9.17, 15) is 18.0 Å². The van der Waals surface area contributed by atoms with E-state index in [1.807, 2.05) is 13.0 Å². The maximum atomic E-state index is 13.2. The highest BCUT2D eigenvalue weighted by Gasteiger charge is 2.69. The van der Waals surface area contributed by atoms with Crippen molar-refractivity contribution in [3.63, 3.8) is 0 Å². The molecule has 10 heteroatoms. The Labute approximate surface area is 169 Å². The summed E-state index contributed by atoms with van der Waals surface area (Å²) < 4.78 is 46.3. The number of amides is 1. The maximum Gasteiger partial charge on any atom is 0.258 e. The van der Waals surface area contributed by atoms with Gasteiger partial charge in [-0.2, -0.15) is 5.10 Å². The number of benzene rings is 1. The van der Waals surface area contributed by atoms with E-state index in [-0.39, 0.29) is 16.8 Å². The molecule has 0 unspecified atom stereocenters. The number of hydrogen-bond acceptors (Lipinski definition) is 5. The molecule has 0 spiro atoms. The normalized spacial score (nSPS) is 24.1. The van der Waals surface area contributed by atoms with E-state index in [4.69, 9.17) is 4.74 Å². The van der Waals surface area contributed by atoms with Crippen molar-refractivity contribution in [3.8, 4) is 5.75 Å². The lowest BCUT2D eigenvalue weighted by Gasteiger charge is -2.70. The molecule has 6 rings (SSSR count). The Bertz CT molecular complexity index is 1140. The highest BCUT2D eigenvalue weighted by atomic mass is 19.2. The zero-order valence-corrected chi connectivity index (χ0v) is 16.0. The van der Waals surface area contributed by atoms with Crippen LogP contribution in [-0.2, 0) is 4.79 Å². The second kappa shape index (κ2) is 6.35. The molecule has 3 fully saturated rings. The summed E-state index contributed by atoms with van der Waals surface area (Å²) in [7, 11) is 0. The number of rotatable bonds is 6. The molecule has 0 atom stereocenters. The lowest BCUT2D eigenvalue weighted by molar-refractivity contribution is -0.135. The second-order valence-corrected chi connectivity index (χ2v) is 8.15. The number of carbonyl (C=O) groups is 1. The van der Waals surface area contributed by atoms with Crippen molar-refractivity contribution in [2.75, 3.05) is 11.9 Å². The average molecular weight is 417 g/mol. The molecular formula is C20H18F3N5O2. The number of hydrogen-bond donors (Lipinski definition) is 2. The lowest BCUT2D eigenvalue weighted by atomic mass is 9.44. The first-order valence-corrected chi connectivity index (χ1v) is 9.44. The molecule has 0 radical (unpaired) electrons. The SMILES string of the molecule is Cc1cc2c(NC34CC(NC(=O)COc5cc(F)c(F)c(F)c5)(C3)C4)nccn2n1. The molecule has 2 heterocycles. The van der Waals surface area contributed by atoms with Crippen LogP contribution >= 0.6 is 0 Å². The molecular weight excluding hydrogens is 399 g/mol. The van der Waals surface area contributed by atoms with Crippen LogP contribution in [0.3, 0.4) is 0 Å². The van der Waals surface area contributed by atoms with Crippen LogP contribution in [0, 0.1) is 24.4 Å². The number of halogens is 3. The van der Waals surface area contributed by atoms with E-state index in [1.54, 1.807) is 16.9 Å². The topological polar surface area (TPSA) is 80.5 Å². The Kier molecular flexibility index (Phi) is 3.96. The first-order valence-electron chi connectivity index (χ1n) is 9.44. The van der Waals surface area contributed by atoms with Gasteiger partial charge in [-0.05, 0) is 32.3 Å². The lowest BCUT2D eigenvalue weighted by Crippen LogP contribution is -2.81. The molecule has 156 valence electrons. The van der Waals surface area contributed by atoms with Crippen LogP contribution in [-0.4, -0.2) is 38.2 Å². The standard InChI is InChI=1S/C20H18F3N5O2/c1-11-4-15-18(24-2-3-28(15)27-11)26-20-8-19(9-20,10-20)25-16(29)7-30-12-5-13(21)17(23)14(22)6-12/h2-6H,7-10H2,1H3,(H,24,26)(H,25,29). The molecule has 3 aromatic rings. The van der Waals surface area contributed by atoms with Crippen LogP contribution in [0.4, 0.5) is 19.0 Å². The molecule has 1 amide bonds. The number of ether oxygens (including phenoxy) is 1. The van der Waals surface area contributed by atoms with Gasteiger partial charge in [0.1, 0.15) is 11.3 Å². The highest BCUT2D eigenvalue weighted by Crippen LogP contribution is 2.61. The molecule has 0 saturated heterocycles. The quantitative estimate of drug-likeness (QED) is 0.603. The summed E-state index contributed by atoms with van der Waals surface area (Å²) in [5.74, 6) is -4.20. The first kappa shape index (κ1) is 18.7. The predicted molar refractivity (Wildman–Crippen MR) is 101 cm³/mol. The van der Waals surface area contributed by atoms with Gasteiger partial charge in [0.25, 0.3) is 5.91 Å². The summed E-state index contributed by atoms with van der Waals surface area (Å²) in [4.78, 5) is 16.6. The van der Waals surface area contributed by atoms with Gasteiger partial charge in [-0.3, -0.25) is 4.79 Å². The second-order valence-electron chi connectivity index (χ2n) is 8.15. The number of anilines is 1. The van der Waals surface area contributed by atoms with Gasteiger partial charge in [0.2, 0.25) is 0 Å². The minimum absolute atomic E-state index is 0.121. The van der Waals surface area contributed by atoms with Crippen LogP contribution < -0.4 is 15.4 Å². The third-order valence-electron chi connectivity index (χ3n) is 5.66. The van der Waals surface area contributed by atoms with E-state index in [0.717, 1.165) is 36.3 Å². The molecule has 2 bridgehead atoms. The fourth-order valence-electron chi connectivity index (χ4n) is 4.54. The van der Waals surface area contributed by atoms with Gasteiger partial charge in [0, 0.05) is 35.6 Å². The number of aryl methyl sites for hydroxylation is 1. The Hall–Kier alpha value is -3.30. The van der Waals surface area contributed by atoms with Crippen LogP contribution in [0.5, 0.6) is 5.75 Å². The Morgan fingerprint density at radius 3 is 2.57 bits per heavy atom. The predicted octanol–water partition coefficient (Wildman–Crippen LogP) is 2.74. The summed E-state index contributed by atoms with van der Waals surface area (Å²) in [5.41, 5.74) is 1.36. The monoisotopic (exact) mass is 417 g/mol. The average Bonchev–Trinajstić information content (AvgIpc) is 3.02. The van der Waals surface area contributed by atoms with Gasteiger partial charge in [-0.25, -0.2) is 22.7 Å². The summed E-state index contributed by atoms with van der Waals surface area (Å²) in [6.45, 7) is 1.50. The van der Waals surface area contributed by atoms with Crippen LogP contribution in [0.1, 0.15) is 25.0 Å². The summed E-state index contributed by atoms with van der Waals surface area (Å²) in [6, 6.07) is 3.37.